The van der Waals surface area contributed by atoms with Gasteiger partial charge in [-0.25, -0.2) is 4.99 Å². The molecule has 2 nitrogen and oxygen atoms in total. The lowest BCUT2D eigenvalue weighted by Crippen LogP contribution is -2.37. The Morgan fingerprint density at radius 2 is 1.89 bits per heavy atom. The average Bonchev–Trinajstić information content (AvgIpc) is 3.53. The number of aliphatic imine (C=N–C) groups is 1. The topological polar surface area (TPSA) is 15.6 Å². The van der Waals surface area contributed by atoms with Crippen LogP contribution in [0.25, 0.3) is 11.3 Å². The standard InChI is InChI=1S/C26H34N2/c1-5-23-24-16-11-18(2)17-25(24)20(4)28(22-9-7-6-8-10-22)26(23)27-19(3)12-13-21-14-15-21/h5,11,16-17,21-22H,1,4,6-10,12-15H2,2-3H3/b27-19+. The Morgan fingerprint density at radius 3 is 2.57 bits per heavy atom. The summed E-state index contributed by atoms with van der Waals surface area (Å²) in [5.41, 5.74) is 7.27. The maximum absolute atomic E-state index is 5.21. The molecule has 2 saturated carbocycles. The fourth-order valence-corrected chi connectivity index (χ4v) is 4.74. The number of allylic oxidation sites excluding steroid dienone is 2. The van der Waals surface area contributed by atoms with Crippen molar-refractivity contribution in [3.05, 3.63) is 59.9 Å². The fraction of sp³-hybridized carbons (Fsp3) is 0.500. The van der Waals surface area contributed by atoms with Crippen LogP contribution in [0.15, 0.2) is 48.2 Å². The molecule has 3 aliphatic rings. The second-order valence-electron chi connectivity index (χ2n) is 8.93. The third-order valence-electron chi connectivity index (χ3n) is 6.59. The molecule has 148 valence electrons. The minimum absolute atomic E-state index is 0.500. The van der Waals surface area contributed by atoms with E-state index in [4.69, 9.17) is 4.99 Å². The monoisotopic (exact) mass is 374 g/mol. The molecule has 1 aromatic rings. The van der Waals surface area contributed by atoms with Crippen LogP contribution in [0.4, 0.5) is 0 Å². The molecule has 4 rings (SSSR count). The summed E-state index contributed by atoms with van der Waals surface area (Å²) in [5, 5.41) is 0. The Kier molecular flexibility index (Phi) is 5.57. The van der Waals surface area contributed by atoms with Gasteiger partial charge in [-0.15, -0.1) is 0 Å². The van der Waals surface area contributed by atoms with Gasteiger partial charge in [-0.1, -0.05) is 69.0 Å². The van der Waals surface area contributed by atoms with E-state index in [1.165, 1.54) is 79.3 Å². The van der Waals surface area contributed by atoms with E-state index in [9.17, 15) is 0 Å². The lowest BCUT2D eigenvalue weighted by molar-refractivity contribution is 0.271. The zero-order chi connectivity index (χ0) is 19.7. The molecule has 1 aliphatic heterocycles. The van der Waals surface area contributed by atoms with Gasteiger partial charge >= 0.3 is 0 Å². The van der Waals surface area contributed by atoms with Gasteiger partial charge < -0.3 is 4.90 Å². The van der Waals surface area contributed by atoms with E-state index in [0.29, 0.717) is 6.04 Å². The summed E-state index contributed by atoms with van der Waals surface area (Å²) in [5.74, 6) is 2.02. The fourth-order valence-electron chi connectivity index (χ4n) is 4.74. The van der Waals surface area contributed by atoms with Gasteiger partial charge in [0.2, 0.25) is 0 Å². The second kappa shape index (κ2) is 8.11. The van der Waals surface area contributed by atoms with Crippen molar-refractivity contribution in [3.8, 4) is 0 Å². The molecule has 0 N–H and O–H groups in total. The lowest BCUT2D eigenvalue weighted by Gasteiger charge is -2.41. The molecule has 0 spiro atoms. The summed E-state index contributed by atoms with van der Waals surface area (Å²) in [6, 6.07) is 7.19. The minimum atomic E-state index is 0.500. The van der Waals surface area contributed by atoms with E-state index in [0.717, 1.165) is 23.9 Å². The first-order valence-electron chi connectivity index (χ1n) is 11.1. The highest BCUT2D eigenvalue weighted by molar-refractivity contribution is 5.92. The number of aryl methyl sites for hydroxylation is 1. The van der Waals surface area contributed by atoms with Crippen molar-refractivity contribution >= 4 is 17.0 Å². The highest BCUT2D eigenvalue weighted by atomic mass is 15.3. The average molecular weight is 375 g/mol. The molecule has 0 amide bonds. The number of hydrogen-bond acceptors (Lipinski definition) is 2. The number of fused-ring (bicyclic) bond motifs is 1. The largest absolute Gasteiger partial charge is 0.323 e. The Hall–Kier alpha value is -2.09. The molecular weight excluding hydrogens is 340 g/mol. The predicted molar refractivity (Wildman–Crippen MR) is 121 cm³/mol. The molecule has 0 saturated heterocycles. The first-order chi connectivity index (χ1) is 13.6. The minimum Gasteiger partial charge on any atom is -0.323 e. The van der Waals surface area contributed by atoms with Crippen LogP contribution in [0.3, 0.4) is 0 Å². The molecule has 0 bridgehead atoms. The molecule has 2 fully saturated rings. The van der Waals surface area contributed by atoms with Gasteiger partial charge in [-0.2, -0.15) is 0 Å². The van der Waals surface area contributed by atoms with Crippen molar-refractivity contribution in [2.75, 3.05) is 0 Å². The Morgan fingerprint density at radius 1 is 1.14 bits per heavy atom. The van der Waals surface area contributed by atoms with Crippen molar-refractivity contribution in [1.82, 2.24) is 4.90 Å². The SMILES string of the molecule is C=CC1=C(/N=C(\C)CCC2CC2)N(C2CCCCC2)C(=C)c2cc(C)ccc21. The third-order valence-corrected chi connectivity index (χ3v) is 6.59. The van der Waals surface area contributed by atoms with Crippen LogP contribution in [0.1, 0.15) is 81.4 Å². The lowest BCUT2D eigenvalue weighted by atomic mass is 9.87. The zero-order valence-electron chi connectivity index (χ0n) is 17.6. The summed E-state index contributed by atoms with van der Waals surface area (Å²) in [6.07, 6.45) is 13.6. The summed E-state index contributed by atoms with van der Waals surface area (Å²) >= 11 is 0. The second-order valence-corrected chi connectivity index (χ2v) is 8.93. The van der Waals surface area contributed by atoms with Gasteiger partial charge in [-0.3, -0.25) is 0 Å². The molecule has 0 unspecified atom stereocenters. The summed E-state index contributed by atoms with van der Waals surface area (Å²) < 4.78 is 0. The molecule has 28 heavy (non-hydrogen) atoms. The summed E-state index contributed by atoms with van der Waals surface area (Å²) in [6.45, 7) is 13.1. The van der Waals surface area contributed by atoms with Gasteiger partial charge in [0.05, 0.1) is 0 Å². The molecular formula is C26H34N2. The Balaban J connectivity index is 1.78. The highest BCUT2D eigenvalue weighted by Crippen LogP contribution is 2.43. The van der Waals surface area contributed by atoms with E-state index in [1.54, 1.807) is 0 Å². The van der Waals surface area contributed by atoms with Gasteiger partial charge in [0.15, 0.2) is 0 Å². The van der Waals surface area contributed by atoms with E-state index < -0.39 is 0 Å². The van der Waals surface area contributed by atoms with Crippen LogP contribution in [0, 0.1) is 12.8 Å². The number of rotatable bonds is 6. The van der Waals surface area contributed by atoms with Crippen molar-refractivity contribution in [3.63, 3.8) is 0 Å². The quantitative estimate of drug-likeness (QED) is 0.484. The molecule has 0 aromatic heterocycles. The predicted octanol–water partition coefficient (Wildman–Crippen LogP) is 7.12. The van der Waals surface area contributed by atoms with Gasteiger partial charge in [0.25, 0.3) is 0 Å². The van der Waals surface area contributed by atoms with Crippen molar-refractivity contribution in [2.24, 2.45) is 10.9 Å². The van der Waals surface area contributed by atoms with E-state index in [2.05, 4.69) is 50.1 Å². The molecule has 2 aliphatic carbocycles. The van der Waals surface area contributed by atoms with Gasteiger partial charge in [-0.05, 0) is 57.1 Å². The van der Waals surface area contributed by atoms with E-state index >= 15 is 0 Å². The molecule has 2 heteroatoms. The van der Waals surface area contributed by atoms with E-state index in [1.807, 2.05) is 6.08 Å². The maximum Gasteiger partial charge on any atom is 0.141 e. The number of hydrogen-bond donors (Lipinski definition) is 0. The molecule has 1 heterocycles. The normalized spacial score (nSPS) is 21.1. The van der Waals surface area contributed by atoms with Crippen molar-refractivity contribution < 1.29 is 0 Å². The van der Waals surface area contributed by atoms with Crippen molar-refractivity contribution in [1.29, 1.82) is 0 Å². The van der Waals surface area contributed by atoms with Gasteiger partial charge in [0, 0.05) is 28.6 Å². The van der Waals surface area contributed by atoms with Crippen LogP contribution in [-0.4, -0.2) is 16.7 Å². The smallest absolute Gasteiger partial charge is 0.141 e. The van der Waals surface area contributed by atoms with Crippen LogP contribution in [0.2, 0.25) is 0 Å². The Bertz CT molecular complexity index is 832. The molecule has 1 aromatic carbocycles. The van der Waals surface area contributed by atoms with Crippen LogP contribution < -0.4 is 0 Å². The zero-order valence-corrected chi connectivity index (χ0v) is 17.6. The van der Waals surface area contributed by atoms with Crippen molar-refractivity contribution in [2.45, 2.75) is 77.7 Å². The third kappa shape index (κ3) is 3.87. The van der Waals surface area contributed by atoms with Gasteiger partial charge in [0.1, 0.15) is 5.82 Å². The summed E-state index contributed by atoms with van der Waals surface area (Å²) in [7, 11) is 0. The van der Waals surface area contributed by atoms with E-state index in [-0.39, 0.29) is 0 Å². The highest BCUT2D eigenvalue weighted by Gasteiger charge is 2.32. The van der Waals surface area contributed by atoms with Crippen LogP contribution in [-0.2, 0) is 0 Å². The number of nitrogens with zero attached hydrogens (tertiary/aromatic N) is 2. The first kappa shape index (κ1) is 19.2. The first-order valence-corrected chi connectivity index (χ1v) is 11.1. The summed E-state index contributed by atoms with van der Waals surface area (Å²) in [4.78, 5) is 7.66. The molecule has 0 radical (unpaired) electrons. The number of benzene rings is 1. The molecule has 0 atom stereocenters. The Labute approximate surface area is 170 Å². The van der Waals surface area contributed by atoms with Crippen LogP contribution in [0.5, 0.6) is 0 Å². The maximum atomic E-state index is 5.21. The van der Waals surface area contributed by atoms with Crippen LogP contribution >= 0.6 is 0 Å².